The van der Waals surface area contributed by atoms with Crippen molar-refractivity contribution in [3.63, 3.8) is 0 Å². The zero-order valence-corrected chi connectivity index (χ0v) is 18.4. The molecular weight excluding hydrogens is 383 g/mol. The zero-order chi connectivity index (χ0) is 22.1. The molecule has 0 aliphatic carbocycles. The lowest BCUT2D eigenvalue weighted by atomic mass is 10.0. The van der Waals surface area contributed by atoms with Crippen LogP contribution in [0.3, 0.4) is 0 Å². The summed E-state index contributed by atoms with van der Waals surface area (Å²) in [6.07, 6.45) is 6.01. The van der Waals surface area contributed by atoms with Gasteiger partial charge in [0, 0.05) is 5.56 Å². The Hall–Kier alpha value is -3.31. The van der Waals surface area contributed by atoms with Crippen molar-refractivity contribution in [2.24, 2.45) is 0 Å². The van der Waals surface area contributed by atoms with Crippen molar-refractivity contribution in [2.45, 2.75) is 39.5 Å². The molecule has 2 heteroatoms. The summed E-state index contributed by atoms with van der Waals surface area (Å²) in [7, 11) is 0. The van der Waals surface area contributed by atoms with Crippen molar-refractivity contribution in [1.82, 2.24) is 0 Å². The molecule has 0 radical (unpaired) electrons. The third kappa shape index (κ3) is 6.59. The van der Waals surface area contributed by atoms with Crippen molar-refractivity contribution < 1.29 is 9.13 Å². The molecule has 1 nitrogen and oxygen atoms in total. The first-order chi connectivity index (χ1) is 15.1. The Balaban J connectivity index is 1.63. The van der Waals surface area contributed by atoms with E-state index in [1.807, 2.05) is 25.1 Å². The van der Waals surface area contributed by atoms with E-state index in [9.17, 15) is 4.39 Å². The van der Waals surface area contributed by atoms with Crippen LogP contribution < -0.4 is 4.74 Å². The third-order valence-electron chi connectivity index (χ3n) is 5.22. The van der Waals surface area contributed by atoms with Gasteiger partial charge in [0.2, 0.25) is 0 Å². The lowest BCUT2D eigenvalue weighted by Gasteiger charge is -2.07. The molecule has 0 aromatic heterocycles. The first kappa shape index (κ1) is 22.4. The van der Waals surface area contributed by atoms with E-state index in [0.29, 0.717) is 23.5 Å². The predicted octanol–water partition coefficient (Wildman–Crippen LogP) is 6.84. The number of rotatable bonds is 8. The topological polar surface area (TPSA) is 9.23 Å². The normalized spacial score (nSPS) is 10.3. The van der Waals surface area contributed by atoms with Crippen LogP contribution in [0.2, 0.25) is 0 Å². The largest absolute Gasteiger partial charge is 0.493 e. The molecule has 0 atom stereocenters. The molecule has 0 saturated heterocycles. The van der Waals surface area contributed by atoms with Gasteiger partial charge in [-0.25, -0.2) is 4.39 Å². The number of halogens is 1. The molecular formula is C29H29FO. The number of ether oxygens (including phenoxy) is 1. The maximum atomic E-state index is 14.0. The Morgan fingerprint density at radius 2 is 1.45 bits per heavy atom. The lowest BCUT2D eigenvalue weighted by molar-refractivity contribution is 0.338. The van der Waals surface area contributed by atoms with Gasteiger partial charge in [0.05, 0.1) is 12.2 Å². The molecule has 0 unspecified atom stereocenters. The van der Waals surface area contributed by atoms with Crippen LogP contribution in [0.1, 0.15) is 46.7 Å². The second kappa shape index (κ2) is 11.2. The molecule has 3 rings (SSSR count). The summed E-state index contributed by atoms with van der Waals surface area (Å²) in [5, 5.41) is 0. The van der Waals surface area contributed by atoms with Gasteiger partial charge in [-0.1, -0.05) is 54.3 Å². The molecule has 0 N–H and O–H groups in total. The molecule has 0 heterocycles. The molecule has 3 aromatic rings. The first-order valence-corrected chi connectivity index (χ1v) is 10.8. The van der Waals surface area contributed by atoms with Crippen molar-refractivity contribution in [3.8, 4) is 17.6 Å². The van der Waals surface area contributed by atoms with Crippen LogP contribution in [0.15, 0.2) is 73.3 Å². The monoisotopic (exact) mass is 412 g/mol. The molecule has 0 saturated carbocycles. The molecule has 0 aliphatic rings. The van der Waals surface area contributed by atoms with Crippen molar-refractivity contribution in [1.29, 1.82) is 0 Å². The Kier molecular flexibility index (Phi) is 8.07. The van der Waals surface area contributed by atoms with Gasteiger partial charge >= 0.3 is 0 Å². The predicted molar refractivity (Wildman–Crippen MR) is 127 cm³/mol. The number of allylic oxidation sites excluding steroid dienone is 1. The van der Waals surface area contributed by atoms with Crippen LogP contribution in [0.25, 0.3) is 0 Å². The van der Waals surface area contributed by atoms with E-state index in [4.69, 9.17) is 4.74 Å². The molecule has 31 heavy (non-hydrogen) atoms. The Morgan fingerprint density at radius 3 is 2.03 bits per heavy atom. The van der Waals surface area contributed by atoms with Gasteiger partial charge in [0.25, 0.3) is 0 Å². The summed E-state index contributed by atoms with van der Waals surface area (Å²) in [4.78, 5) is 0. The summed E-state index contributed by atoms with van der Waals surface area (Å²) in [5.41, 5.74) is 6.01. The highest BCUT2D eigenvalue weighted by Gasteiger charge is 2.06. The van der Waals surface area contributed by atoms with Crippen LogP contribution >= 0.6 is 0 Å². The van der Waals surface area contributed by atoms with Crippen LogP contribution in [-0.4, -0.2) is 6.61 Å². The highest BCUT2D eigenvalue weighted by Crippen LogP contribution is 2.22. The van der Waals surface area contributed by atoms with Gasteiger partial charge in [-0.2, -0.15) is 0 Å². The van der Waals surface area contributed by atoms with Gasteiger partial charge < -0.3 is 4.74 Å². The molecule has 158 valence electrons. The highest BCUT2D eigenvalue weighted by molar-refractivity contribution is 5.51. The minimum atomic E-state index is -0.267. The molecule has 0 bridgehead atoms. The van der Waals surface area contributed by atoms with Gasteiger partial charge in [-0.15, -0.1) is 6.58 Å². The summed E-state index contributed by atoms with van der Waals surface area (Å²) in [6, 6.07) is 20.3. The number of aryl methyl sites for hydroxylation is 4. The van der Waals surface area contributed by atoms with E-state index < -0.39 is 0 Å². The van der Waals surface area contributed by atoms with E-state index in [1.165, 1.54) is 22.8 Å². The standard InChI is InChI=1S/C29H29FO/c1-4-6-7-23-8-10-24(11-9-23)12-13-25-14-16-26(17-15-25)18-19-27-21-28(30)22(3)20-29(27)31-5-2/h4,8-11,14-17,20-21H,1,5-7,12-13H2,2-3H3. The van der Waals surface area contributed by atoms with E-state index in [-0.39, 0.29) is 5.82 Å². The van der Waals surface area contributed by atoms with Crippen molar-refractivity contribution in [2.75, 3.05) is 6.61 Å². The SMILES string of the molecule is C=CCCc1ccc(CCc2ccc(C#Cc3cc(F)c(C)cc3OCC)cc2)cc1. The number of hydrogen-bond acceptors (Lipinski definition) is 1. The molecule has 0 amide bonds. The Morgan fingerprint density at radius 1 is 0.871 bits per heavy atom. The average molecular weight is 413 g/mol. The molecule has 3 aromatic carbocycles. The molecule has 0 aliphatic heterocycles. The summed E-state index contributed by atoms with van der Waals surface area (Å²) >= 11 is 0. The van der Waals surface area contributed by atoms with Crippen molar-refractivity contribution in [3.05, 3.63) is 113 Å². The second-order valence-corrected chi connectivity index (χ2v) is 7.62. The molecule has 0 fully saturated rings. The summed E-state index contributed by atoms with van der Waals surface area (Å²) < 4.78 is 19.6. The van der Waals surface area contributed by atoms with Crippen LogP contribution in [0.5, 0.6) is 5.75 Å². The van der Waals surface area contributed by atoms with Crippen LogP contribution in [0.4, 0.5) is 4.39 Å². The van der Waals surface area contributed by atoms with E-state index in [0.717, 1.165) is 31.2 Å². The van der Waals surface area contributed by atoms with Crippen LogP contribution in [-0.2, 0) is 19.3 Å². The first-order valence-electron chi connectivity index (χ1n) is 10.8. The van der Waals surface area contributed by atoms with E-state index in [1.54, 1.807) is 13.0 Å². The lowest BCUT2D eigenvalue weighted by Crippen LogP contribution is -1.97. The fourth-order valence-corrected chi connectivity index (χ4v) is 3.35. The summed E-state index contributed by atoms with van der Waals surface area (Å²) in [6.45, 7) is 7.93. The van der Waals surface area contributed by atoms with Gasteiger partial charge in [-0.3, -0.25) is 0 Å². The third-order valence-corrected chi connectivity index (χ3v) is 5.22. The fraction of sp³-hybridized carbons (Fsp3) is 0.241. The quantitative estimate of drug-likeness (QED) is 0.291. The van der Waals surface area contributed by atoms with Gasteiger partial charge in [-0.05, 0) is 86.1 Å². The van der Waals surface area contributed by atoms with Gasteiger partial charge in [0.1, 0.15) is 11.6 Å². The highest BCUT2D eigenvalue weighted by atomic mass is 19.1. The molecule has 0 spiro atoms. The second-order valence-electron chi connectivity index (χ2n) is 7.62. The van der Waals surface area contributed by atoms with Crippen molar-refractivity contribution >= 4 is 0 Å². The maximum absolute atomic E-state index is 14.0. The van der Waals surface area contributed by atoms with E-state index in [2.05, 4.69) is 54.8 Å². The van der Waals surface area contributed by atoms with E-state index >= 15 is 0 Å². The Labute approximate surface area is 185 Å². The number of benzene rings is 3. The van der Waals surface area contributed by atoms with Gasteiger partial charge in [0.15, 0.2) is 0 Å². The summed E-state index contributed by atoms with van der Waals surface area (Å²) in [5.74, 6) is 6.54. The minimum Gasteiger partial charge on any atom is -0.493 e. The smallest absolute Gasteiger partial charge is 0.135 e. The van der Waals surface area contributed by atoms with Crippen LogP contribution in [0, 0.1) is 24.6 Å². The fourth-order valence-electron chi connectivity index (χ4n) is 3.35. The Bertz CT molecular complexity index is 1070. The minimum absolute atomic E-state index is 0.267. The zero-order valence-electron chi connectivity index (χ0n) is 18.4. The average Bonchev–Trinajstić information content (AvgIpc) is 2.79. The number of hydrogen-bond donors (Lipinski definition) is 0. The maximum Gasteiger partial charge on any atom is 0.135 e.